The molecule has 0 bridgehead atoms. The number of rotatable bonds is 3. The zero-order valence-corrected chi connectivity index (χ0v) is 15.7. The van der Waals surface area contributed by atoms with E-state index in [1.165, 1.54) is 11.1 Å². The number of H-pyrrole nitrogens is 1. The van der Waals surface area contributed by atoms with E-state index < -0.39 is 5.91 Å². The van der Waals surface area contributed by atoms with Gasteiger partial charge in [-0.3, -0.25) is 9.89 Å². The van der Waals surface area contributed by atoms with Crippen molar-refractivity contribution in [2.24, 2.45) is 5.73 Å². The average Bonchev–Trinajstić information content (AvgIpc) is 3.18. The number of fused-ring (bicyclic) bond motifs is 2. The van der Waals surface area contributed by atoms with Crippen molar-refractivity contribution in [2.75, 3.05) is 5.73 Å². The van der Waals surface area contributed by atoms with Gasteiger partial charge in [0.05, 0.1) is 5.39 Å². The van der Waals surface area contributed by atoms with E-state index >= 15 is 0 Å². The predicted molar refractivity (Wildman–Crippen MR) is 111 cm³/mol. The van der Waals surface area contributed by atoms with E-state index in [-0.39, 0.29) is 5.92 Å². The Kier molecular flexibility index (Phi) is 4.01. The fourth-order valence-corrected chi connectivity index (χ4v) is 4.08. The lowest BCUT2D eigenvalue weighted by molar-refractivity contribution is 0.100. The number of nitrogens with one attached hydrogen (secondary N) is 1. The molecule has 1 aliphatic rings. The van der Waals surface area contributed by atoms with Crippen LogP contribution >= 0.6 is 0 Å². The quantitative estimate of drug-likeness (QED) is 0.501. The molecule has 144 valence electrons. The fraction of sp³-hybridized carbons (Fsp3) is 0.182. The third-order valence-electron chi connectivity index (χ3n) is 5.62. The summed E-state index contributed by atoms with van der Waals surface area (Å²) in [4.78, 5) is 20.7. The maximum atomic E-state index is 11.3. The van der Waals surface area contributed by atoms with Crippen LogP contribution in [0.4, 0.5) is 5.82 Å². The second-order valence-corrected chi connectivity index (χ2v) is 7.41. The molecule has 29 heavy (non-hydrogen) atoms. The summed E-state index contributed by atoms with van der Waals surface area (Å²) in [6.45, 7) is 0. The van der Waals surface area contributed by atoms with Crippen molar-refractivity contribution in [3.63, 3.8) is 0 Å². The van der Waals surface area contributed by atoms with Crippen molar-refractivity contribution < 1.29 is 4.79 Å². The second-order valence-electron chi connectivity index (χ2n) is 7.41. The number of anilines is 1. The van der Waals surface area contributed by atoms with E-state index in [0.717, 1.165) is 30.7 Å². The third-order valence-corrected chi connectivity index (χ3v) is 5.62. The highest BCUT2D eigenvalue weighted by Crippen LogP contribution is 2.34. The first-order chi connectivity index (χ1) is 14.1. The minimum atomic E-state index is -0.468. The van der Waals surface area contributed by atoms with E-state index in [2.05, 4.69) is 39.4 Å². The molecular weight excluding hydrogens is 364 g/mol. The molecule has 7 nitrogen and oxygen atoms in total. The van der Waals surface area contributed by atoms with Gasteiger partial charge in [-0.05, 0) is 42.5 Å². The van der Waals surface area contributed by atoms with Crippen LogP contribution in [0.5, 0.6) is 0 Å². The largest absolute Gasteiger partial charge is 0.383 e. The van der Waals surface area contributed by atoms with Gasteiger partial charge in [-0.15, -0.1) is 0 Å². The Hall–Kier alpha value is -3.74. The van der Waals surface area contributed by atoms with Gasteiger partial charge in [-0.25, -0.2) is 9.97 Å². The lowest BCUT2D eigenvalue weighted by Gasteiger charge is -2.23. The molecule has 0 saturated carbocycles. The van der Waals surface area contributed by atoms with Gasteiger partial charge in [-0.1, -0.05) is 36.4 Å². The number of hydrogen-bond donors (Lipinski definition) is 3. The van der Waals surface area contributed by atoms with Crippen LogP contribution in [0.25, 0.3) is 22.3 Å². The molecule has 2 aromatic carbocycles. The molecule has 4 aromatic rings. The molecule has 2 aromatic heterocycles. The van der Waals surface area contributed by atoms with Crippen LogP contribution in [0.2, 0.25) is 0 Å². The lowest BCUT2D eigenvalue weighted by Crippen LogP contribution is -2.16. The van der Waals surface area contributed by atoms with Gasteiger partial charge in [0.15, 0.2) is 5.65 Å². The molecule has 0 spiro atoms. The summed E-state index contributed by atoms with van der Waals surface area (Å²) in [6, 6.07) is 15.4. The fourth-order valence-electron chi connectivity index (χ4n) is 4.08. The molecule has 0 saturated heterocycles. The van der Waals surface area contributed by atoms with Crippen molar-refractivity contribution in [1.29, 1.82) is 0 Å². The molecule has 1 aliphatic carbocycles. The van der Waals surface area contributed by atoms with Crippen LogP contribution < -0.4 is 11.5 Å². The molecule has 5 N–H and O–H groups in total. The zero-order valence-electron chi connectivity index (χ0n) is 15.7. The molecule has 2 heterocycles. The second kappa shape index (κ2) is 6.70. The average molecular weight is 384 g/mol. The van der Waals surface area contributed by atoms with Gasteiger partial charge >= 0.3 is 0 Å². The van der Waals surface area contributed by atoms with Crippen LogP contribution in [0.3, 0.4) is 0 Å². The first-order valence-corrected chi connectivity index (χ1v) is 9.58. The maximum Gasteiger partial charge on any atom is 0.248 e. The van der Waals surface area contributed by atoms with E-state index in [1.54, 1.807) is 24.3 Å². The van der Waals surface area contributed by atoms with E-state index in [4.69, 9.17) is 16.5 Å². The molecule has 1 amide bonds. The highest BCUT2D eigenvalue weighted by atomic mass is 16.1. The van der Waals surface area contributed by atoms with Gasteiger partial charge in [-0.2, -0.15) is 5.10 Å². The highest BCUT2D eigenvalue weighted by molar-refractivity contribution is 5.99. The summed E-state index contributed by atoms with van der Waals surface area (Å²) in [6.07, 6.45) is 2.93. The number of carbonyl (C=O) groups is 1. The minimum Gasteiger partial charge on any atom is -0.383 e. The van der Waals surface area contributed by atoms with Gasteiger partial charge in [0, 0.05) is 17.0 Å². The first-order valence-electron chi connectivity index (χ1n) is 9.58. The van der Waals surface area contributed by atoms with E-state index in [9.17, 15) is 4.79 Å². The van der Waals surface area contributed by atoms with Crippen molar-refractivity contribution in [2.45, 2.75) is 25.2 Å². The topological polar surface area (TPSA) is 124 Å². The number of amides is 1. The molecular formula is C22H20N6O. The Labute approximate surface area is 167 Å². The molecule has 0 fully saturated rings. The maximum absolute atomic E-state index is 11.3. The van der Waals surface area contributed by atoms with E-state index in [1.807, 2.05) is 0 Å². The van der Waals surface area contributed by atoms with E-state index in [0.29, 0.717) is 28.1 Å². The number of nitrogen functional groups attached to an aromatic ring is 1. The third kappa shape index (κ3) is 3.00. The smallest absolute Gasteiger partial charge is 0.248 e. The Morgan fingerprint density at radius 1 is 1.03 bits per heavy atom. The molecule has 0 aliphatic heterocycles. The summed E-state index contributed by atoms with van der Waals surface area (Å²) >= 11 is 0. The summed E-state index contributed by atoms with van der Waals surface area (Å²) in [7, 11) is 0. The van der Waals surface area contributed by atoms with Crippen molar-refractivity contribution in [3.05, 3.63) is 71.0 Å². The van der Waals surface area contributed by atoms with Crippen molar-refractivity contribution in [3.8, 4) is 11.3 Å². The van der Waals surface area contributed by atoms with Gasteiger partial charge < -0.3 is 11.5 Å². The molecule has 5 rings (SSSR count). The zero-order chi connectivity index (χ0) is 20.0. The number of carbonyl (C=O) groups excluding carboxylic acids is 1. The van der Waals surface area contributed by atoms with Crippen LogP contribution in [-0.4, -0.2) is 26.1 Å². The number of nitrogens with zero attached hydrogens (tertiary/aromatic N) is 3. The first kappa shape index (κ1) is 17.4. The van der Waals surface area contributed by atoms with Gasteiger partial charge in [0.2, 0.25) is 5.91 Å². The summed E-state index contributed by atoms with van der Waals surface area (Å²) < 4.78 is 0. The summed E-state index contributed by atoms with van der Waals surface area (Å²) in [5, 5.41) is 8.08. The van der Waals surface area contributed by atoms with Crippen LogP contribution in [0.15, 0.2) is 48.5 Å². The lowest BCUT2D eigenvalue weighted by atomic mass is 9.83. The van der Waals surface area contributed by atoms with Gasteiger partial charge in [0.25, 0.3) is 0 Å². The number of aromatic nitrogens is 4. The van der Waals surface area contributed by atoms with Crippen molar-refractivity contribution in [1.82, 2.24) is 20.2 Å². The number of aryl methyl sites for hydroxylation is 1. The molecule has 0 radical (unpaired) electrons. The van der Waals surface area contributed by atoms with Gasteiger partial charge in [0.1, 0.15) is 17.3 Å². The molecule has 7 heteroatoms. The number of hydrogen-bond acceptors (Lipinski definition) is 5. The highest BCUT2D eigenvalue weighted by Gasteiger charge is 2.24. The number of nitrogens with two attached hydrogens (primary N) is 2. The monoisotopic (exact) mass is 384 g/mol. The van der Waals surface area contributed by atoms with Crippen LogP contribution in [-0.2, 0) is 12.8 Å². The summed E-state index contributed by atoms with van der Waals surface area (Å²) in [5.41, 5.74) is 16.9. The minimum absolute atomic E-state index is 0.234. The number of primary amides is 1. The van der Waals surface area contributed by atoms with Crippen LogP contribution in [0, 0.1) is 0 Å². The standard InChI is InChI=1S/C22H20N6O/c23-19-17-18(13-6-8-14(9-7-13)20(24)29)27-28-22(17)26-21(25-19)16-10-5-12-3-1-2-4-15(12)11-16/h1-4,6-9,16H,5,10-11H2,(H2,24,29)(H3,23,25,26,27,28). The number of aromatic amines is 1. The summed E-state index contributed by atoms with van der Waals surface area (Å²) in [5.74, 6) is 0.929. The number of benzene rings is 2. The normalized spacial score (nSPS) is 15.9. The Morgan fingerprint density at radius 3 is 2.55 bits per heavy atom. The predicted octanol–water partition coefficient (Wildman–Crippen LogP) is 2.97. The van der Waals surface area contributed by atoms with Crippen molar-refractivity contribution >= 4 is 22.8 Å². The Bertz CT molecular complexity index is 1230. The molecule has 1 unspecified atom stereocenters. The Morgan fingerprint density at radius 2 is 1.79 bits per heavy atom. The van der Waals surface area contributed by atoms with Crippen LogP contribution in [0.1, 0.15) is 39.6 Å². The molecule has 1 atom stereocenters. The Balaban J connectivity index is 1.51. The SMILES string of the molecule is NC(=O)c1ccc(-c2n[nH]c3nc(C4CCc5ccccc5C4)nc(N)c23)cc1.